The highest BCUT2D eigenvalue weighted by atomic mass is 79.9. The lowest BCUT2D eigenvalue weighted by molar-refractivity contribution is -0.130. The van der Waals surface area contributed by atoms with Crippen molar-refractivity contribution < 1.29 is 4.79 Å². The zero-order valence-corrected chi connectivity index (χ0v) is 12.1. The van der Waals surface area contributed by atoms with E-state index in [-0.39, 0.29) is 0 Å². The summed E-state index contributed by atoms with van der Waals surface area (Å²) in [5.74, 6) is 1.80. The Morgan fingerprint density at radius 3 is 2.88 bits per heavy atom. The van der Waals surface area contributed by atoms with Crippen LogP contribution < -0.4 is 0 Å². The molecule has 16 heavy (non-hydrogen) atoms. The fourth-order valence-corrected chi connectivity index (χ4v) is 2.90. The van der Waals surface area contributed by atoms with Crippen molar-refractivity contribution >= 4 is 21.8 Å². The summed E-state index contributed by atoms with van der Waals surface area (Å²) in [5, 5.41) is 1.07. The zero-order chi connectivity index (χ0) is 12.0. The highest BCUT2D eigenvalue weighted by Gasteiger charge is 2.20. The molecule has 1 aliphatic heterocycles. The van der Waals surface area contributed by atoms with Gasteiger partial charge in [0.2, 0.25) is 5.91 Å². The molecule has 1 aliphatic rings. The number of carbonyl (C=O) groups excluding carboxylic acids is 1. The molecule has 1 fully saturated rings. The van der Waals surface area contributed by atoms with E-state index in [4.69, 9.17) is 0 Å². The summed E-state index contributed by atoms with van der Waals surface area (Å²) in [6.45, 7) is 6.46. The van der Waals surface area contributed by atoms with Crippen LogP contribution in [0, 0.1) is 11.8 Å². The molecule has 2 unspecified atom stereocenters. The van der Waals surface area contributed by atoms with Crippen molar-refractivity contribution in [3.8, 4) is 0 Å². The molecule has 1 amide bonds. The number of hydrogen-bond donors (Lipinski definition) is 0. The lowest BCUT2D eigenvalue weighted by Crippen LogP contribution is -2.32. The number of halogens is 1. The van der Waals surface area contributed by atoms with Crippen LogP contribution in [0.3, 0.4) is 0 Å². The second kappa shape index (κ2) is 7.31. The maximum absolute atomic E-state index is 11.8. The molecule has 0 aromatic rings. The normalized spacial score (nSPS) is 24.3. The van der Waals surface area contributed by atoms with Gasteiger partial charge in [-0.25, -0.2) is 0 Å². The number of likely N-dealkylation sites (tertiary alicyclic amines) is 1. The molecule has 1 heterocycles. The number of alkyl halides is 1. The number of amides is 1. The van der Waals surface area contributed by atoms with Crippen LogP contribution in [-0.4, -0.2) is 29.2 Å². The van der Waals surface area contributed by atoms with Gasteiger partial charge in [0, 0.05) is 24.8 Å². The average Bonchev–Trinajstić information content (AvgIpc) is 2.40. The van der Waals surface area contributed by atoms with Gasteiger partial charge in [0.15, 0.2) is 0 Å². The standard InChI is InChI=1S/C13H24BrNO/c1-11-3-4-13(16)15(9-6-11)10-7-12(2)5-8-14/h11-12H,3-10H2,1-2H3. The predicted molar refractivity (Wildman–Crippen MR) is 71.8 cm³/mol. The molecular weight excluding hydrogens is 266 g/mol. The molecule has 1 rings (SSSR count). The second-order valence-electron chi connectivity index (χ2n) is 5.18. The maximum Gasteiger partial charge on any atom is 0.222 e. The van der Waals surface area contributed by atoms with Gasteiger partial charge in [-0.1, -0.05) is 29.8 Å². The average molecular weight is 290 g/mol. The smallest absolute Gasteiger partial charge is 0.222 e. The van der Waals surface area contributed by atoms with Crippen LogP contribution in [-0.2, 0) is 4.79 Å². The summed E-state index contributed by atoms with van der Waals surface area (Å²) >= 11 is 3.47. The molecule has 2 atom stereocenters. The van der Waals surface area contributed by atoms with E-state index in [2.05, 4.69) is 34.7 Å². The van der Waals surface area contributed by atoms with Gasteiger partial charge < -0.3 is 4.90 Å². The molecule has 94 valence electrons. The Kier molecular flexibility index (Phi) is 6.40. The van der Waals surface area contributed by atoms with Crippen molar-refractivity contribution in [3.63, 3.8) is 0 Å². The van der Waals surface area contributed by atoms with Gasteiger partial charge in [-0.05, 0) is 37.5 Å². The predicted octanol–water partition coefficient (Wildman–Crippen LogP) is 3.45. The van der Waals surface area contributed by atoms with Crippen LogP contribution in [0.4, 0.5) is 0 Å². The number of hydrogen-bond acceptors (Lipinski definition) is 1. The van der Waals surface area contributed by atoms with E-state index in [9.17, 15) is 4.79 Å². The monoisotopic (exact) mass is 289 g/mol. The largest absolute Gasteiger partial charge is 0.343 e. The van der Waals surface area contributed by atoms with Crippen LogP contribution in [0.15, 0.2) is 0 Å². The van der Waals surface area contributed by atoms with Crippen molar-refractivity contribution in [2.45, 2.75) is 46.0 Å². The third kappa shape index (κ3) is 4.86. The summed E-state index contributed by atoms with van der Waals surface area (Å²) in [5.41, 5.74) is 0. The van der Waals surface area contributed by atoms with E-state index in [1.165, 1.54) is 12.8 Å². The van der Waals surface area contributed by atoms with Crippen molar-refractivity contribution in [1.82, 2.24) is 4.90 Å². The highest BCUT2D eigenvalue weighted by molar-refractivity contribution is 9.09. The van der Waals surface area contributed by atoms with E-state index in [1.54, 1.807) is 0 Å². The van der Waals surface area contributed by atoms with Crippen molar-refractivity contribution in [1.29, 1.82) is 0 Å². The number of carbonyl (C=O) groups is 1. The fourth-order valence-electron chi connectivity index (χ4n) is 2.12. The maximum atomic E-state index is 11.8. The van der Waals surface area contributed by atoms with E-state index in [0.717, 1.165) is 37.7 Å². The van der Waals surface area contributed by atoms with Crippen molar-refractivity contribution in [2.75, 3.05) is 18.4 Å². The topological polar surface area (TPSA) is 20.3 Å². The van der Waals surface area contributed by atoms with Gasteiger partial charge in [0.25, 0.3) is 0 Å². The van der Waals surface area contributed by atoms with Crippen LogP contribution >= 0.6 is 15.9 Å². The van der Waals surface area contributed by atoms with Crippen molar-refractivity contribution in [3.05, 3.63) is 0 Å². The van der Waals surface area contributed by atoms with Gasteiger partial charge in [0.05, 0.1) is 0 Å². The van der Waals surface area contributed by atoms with E-state index in [0.29, 0.717) is 17.7 Å². The molecule has 0 bridgehead atoms. The van der Waals surface area contributed by atoms with Crippen LogP contribution in [0.2, 0.25) is 0 Å². The molecule has 0 aliphatic carbocycles. The molecule has 1 saturated heterocycles. The quantitative estimate of drug-likeness (QED) is 0.710. The highest BCUT2D eigenvalue weighted by Crippen LogP contribution is 2.19. The Balaban J connectivity index is 2.31. The first kappa shape index (κ1) is 14.0. The SMILES string of the molecule is CC(CCBr)CCN1CCC(C)CCC1=O. The molecule has 0 saturated carbocycles. The molecule has 0 aromatic carbocycles. The second-order valence-corrected chi connectivity index (χ2v) is 5.98. The van der Waals surface area contributed by atoms with Gasteiger partial charge in [-0.2, -0.15) is 0 Å². The van der Waals surface area contributed by atoms with Gasteiger partial charge in [-0.15, -0.1) is 0 Å². The molecule has 3 heteroatoms. The Morgan fingerprint density at radius 1 is 1.44 bits per heavy atom. The minimum atomic E-state index is 0.371. The molecule has 0 N–H and O–H groups in total. The van der Waals surface area contributed by atoms with Gasteiger partial charge >= 0.3 is 0 Å². The first-order valence-corrected chi connectivity index (χ1v) is 7.59. The lowest BCUT2D eigenvalue weighted by Gasteiger charge is -2.22. The minimum absolute atomic E-state index is 0.371. The Bertz CT molecular complexity index is 220. The Hall–Kier alpha value is -0.0500. The molecule has 2 nitrogen and oxygen atoms in total. The Morgan fingerprint density at radius 2 is 2.19 bits per heavy atom. The first-order valence-electron chi connectivity index (χ1n) is 6.47. The van der Waals surface area contributed by atoms with Crippen molar-refractivity contribution in [2.24, 2.45) is 11.8 Å². The first-order chi connectivity index (χ1) is 7.63. The van der Waals surface area contributed by atoms with E-state index < -0.39 is 0 Å². The third-order valence-corrected chi connectivity index (χ3v) is 4.05. The summed E-state index contributed by atoms with van der Waals surface area (Å²) < 4.78 is 0. The Labute approximate surface area is 108 Å². The van der Waals surface area contributed by atoms with E-state index >= 15 is 0 Å². The summed E-state index contributed by atoms with van der Waals surface area (Å²) in [6, 6.07) is 0. The molecule has 0 radical (unpaired) electrons. The fraction of sp³-hybridized carbons (Fsp3) is 0.923. The number of nitrogens with zero attached hydrogens (tertiary/aromatic N) is 1. The lowest BCUT2D eigenvalue weighted by atomic mass is 10.0. The van der Waals surface area contributed by atoms with Gasteiger partial charge in [0.1, 0.15) is 0 Å². The third-order valence-electron chi connectivity index (χ3n) is 3.59. The zero-order valence-electron chi connectivity index (χ0n) is 10.5. The van der Waals surface area contributed by atoms with Crippen LogP contribution in [0.5, 0.6) is 0 Å². The summed E-state index contributed by atoms with van der Waals surface area (Å²) in [7, 11) is 0. The molecule has 0 aromatic heterocycles. The van der Waals surface area contributed by atoms with Gasteiger partial charge in [-0.3, -0.25) is 4.79 Å². The summed E-state index contributed by atoms with van der Waals surface area (Å²) in [4.78, 5) is 13.9. The van der Waals surface area contributed by atoms with Crippen LogP contribution in [0.25, 0.3) is 0 Å². The van der Waals surface area contributed by atoms with E-state index in [1.807, 2.05) is 0 Å². The van der Waals surface area contributed by atoms with Crippen LogP contribution in [0.1, 0.15) is 46.0 Å². The summed E-state index contributed by atoms with van der Waals surface area (Å²) in [6.07, 6.45) is 5.36. The minimum Gasteiger partial charge on any atom is -0.343 e. The molecule has 0 spiro atoms. The molecular formula is C13H24BrNO. The number of rotatable bonds is 5.